The summed E-state index contributed by atoms with van der Waals surface area (Å²) in [6.45, 7) is 3.15. The van der Waals surface area contributed by atoms with Crippen LogP contribution in [0.15, 0.2) is 18.2 Å². The lowest BCUT2D eigenvalue weighted by Gasteiger charge is -2.34. The van der Waals surface area contributed by atoms with E-state index in [1.165, 1.54) is 6.07 Å². The van der Waals surface area contributed by atoms with Crippen LogP contribution in [0, 0.1) is 6.92 Å². The Balaban J connectivity index is 2.20. The molecule has 1 aromatic rings. The lowest BCUT2D eigenvalue weighted by Crippen LogP contribution is -2.51. The van der Waals surface area contributed by atoms with Gasteiger partial charge < -0.3 is 9.80 Å². The SMILES string of the molecule is Cc1ccc(Cl)cc1N(CC(=O)N1CCN(C=O)CC1)S(C)(=O)=O. The van der Waals surface area contributed by atoms with Crippen LogP contribution in [0.5, 0.6) is 0 Å². The van der Waals surface area contributed by atoms with Crippen molar-refractivity contribution in [2.45, 2.75) is 6.92 Å². The normalized spacial score (nSPS) is 15.3. The van der Waals surface area contributed by atoms with Gasteiger partial charge in [0, 0.05) is 31.2 Å². The van der Waals surface area contributed by atoms with Crippen LogP contribution in [0.2, 0.25) is 5.02 Å². The second-order valence-electron chi connectivity index (χ2n) is 5.72. The van der Waals surface area contributed by atoms with Crippen molar-refractivity contribution in [1.29, 1.82) is 0 Å². The average molecular weight is 374 g/mol. The van der Waals surface area contributed by atoms with Crippen molar-refractivity contribution in [2.75, 3.05) is 43.3 Å². The van der Waals surface area contributed by atoms with Gasteiger partial charge in [-0.25, -0.2) is 8.42 Å². The number of piperazine rings is 1. The minimum Gasteiger partial charge on any atom is -0.342 e. The van der Waals surface area contributed by atoms with Gasteiger partial charge in [-0.15, -0.1) is 0 Å². The number of sulfonamides is 1. The number of carbonyl (C=O) groups is 2. The summed E-state index contributed by atoms with van der Waals surface area (Å²) in [7, 11) is -3.65. The molecule has 0 radical (unpaired) electrons. The minimum atomic E-state index is -3.65. The quantitative estimate of drug-likeness (QED) is 0.712. The van der Waals surface area contributed by atoms with E-state index in [1.54, 1.807) is 28.9 Å². The molecule has 0 N–H and O–H groups in total. The van der Waals surface area contributed by atoms with E-state index in [0.29, 0.717) is 42.5 Å². The molecule has 2 amide bonds. The fraction of sp³-hybridized carbons (Fsp3) is 0.467. The van der Waals surface area contributed by atoms with Gasteiger partial charge in [0.2, 0.25) is 22.3 Å². The van der Waals surface area contributed by atoms with E-state index in [4.69, 9.17) is 11.6 Å². The van der Waals surface area contributed by atoms with Gasteiger partial charge in [-0.2, -0.15) is 0 Å². The van der Waals surface area contributed by atoms with Crippen molar-refractivity contribution in [3.05, 3.63) is 28.8 Å². The largest absolute Gasteiger partial charge is 0.342 e. The molecule has 7 nitrogen and oxygen atoms in total. The molecule has 0 saturated carbocycles. The second kappa shape index (κ2) is 7.40. The highest BCUT2D eigenvalue weighted by molar-refractivity contribution is 7.92. The summed E-state index contributed by atoms with van der Waals surface area (Å²) in [6.07, 6.45) is 1.81. The Labute approximate surface area is 146 Å². The number of rotatable bonds is 5. The molecule has 2 rings (SSSR count). The van der Waals surface area contributed by atoms with Crippen LogP contribution in [-0.2, 0) is 19.6 Å². The number of anilines is 1. The van der Waals surface area contributed by atoms with E-state index >= 15 is 0 Å². The highest BCUT2D eigenvalue weighted by Crippen LogP contribution is 2.26. The van der Waals surface area contributed by atoms with Crippen LogP contribution in [0.25, 0.3) is 0 Å². The molecule has 1 heterocycles. The number of benzene rings is 1. The maximum absolute atomic E-state index is 12.5. The van der Waals surface area contributed by atoms with E-state index in [0.717, 1.165) is 17.0 Å². The van der Waals surface area contributed by atoms with E-state index in [-0.39, 0.29) is 12.5 Å². The Morgan fingerprint density at radius 2 is 1.92 bits per heavy atom. The molecular weight excluding hydrogens is 354 g/mol. The standard InChI is InChI=1S/C15H20ClN3O4S/c1-12-3-4-13(16)9-14(12)19(24(2,22)23)10-15(21)18-7-5-17(11-20)6-8-18/h3-4,9,11H,5-8,10H2,1-2H3. The summed E-state index contributed by atoms with van der Waals surface area (Å²) in [6, 6.07) is 4.92. The third kappa shape index (κ3) is 4.39. The molecule has 1 aromatic carbocycles. The van der Waals surface area contributed by atoms with Gasteiger partial charge in [0.05, 0.1) is 11.9 Å². The van der Waals surface area contributed by atoms with Gasteiger partial charge in [-0.05, 0) is 24.6 Å². The van der Waals surface area contributed by atoms with Gasteiger partial charge in [0.25, 0.3) is 0 Å². The third-order valence-electron chi connectivity index (χ3n) is 3.94. The number of carbonyl (C=O) groups excluding carboxylic acids is 2. The molecule has 0 atom stereocenters. The van der Waals surface area contributed by atoms with Gasteiger partial charge in [0.15, 0.2) is 0 Å². The van der Waals surface area contributed by atoms with Gasteiger partial charge in [-0.3, -0.25) is 13.9 Å². The summed E-state index contributed by atoms with van der Waals surface area (Å²) >= 11 is 5.97. The fourth-order valence-corrected chi connectivity index (χ4v) is 3.60. The number of aryl methyl sites for hydroxylation is 1. The third-order valence-corrected chi connectivity index (χ3v) is 5.30. The minimum absolute atomic E-state index is 0.291. The first-order chi connectivity index (χ1) is 11.2. The maximum atomic E-state index is 12.5. The summed E-state index contributed by atoms with van der Waals surface area (Å²) < 4.78 is 25.4. The first kappa shape index (κ1) is 18.5. The number of halogens is 1. The molecule has 0 spiro atoms. The molecule has 24 heavy (non-hydrogen) atoms. The zero-order valence-electron chi connectivity index (χ0n) is 13.6. The Kier molecular flexibility index (Phi) is 5.71. The van der Waals surface area contributed by atoms with Crippen molar-refractivity contribution >= 4 is 39.6 Å². The Hall–Kier alpha value is -1.80. The molecular formula is C15H20ClN3O4S. The molecule has 1 saturated heterocycles. The summed E-state index contributed by atoms with van der Waals surface area (Å²) in [5.41, 5.74) is 1.10. The number of hydrogen-bond donors (Lipinski definition) is 0. The molecule has 0 aliphatic carbocycles. The number of hydrogen-bond acceptors (Lipinski definition) is 4. The van der Waals surface area contributed by atoms with Crippen LogP contribution in [0.3, 0.4) is 0 Å². The van der Waals surface area contributed by atoms with E-state index in [1.807, 2.05) is 0 Å². The van der Waals surface area contributed by atoms with Crippen LogP contribution in [-0.4, -0.2) is 69.5 Å². The molecule has 9 heteroatoms. The Morgan fingerprint density at radius 3 is 2.46 bits per heavy atom. The molecule has 0 unspecified atom stereocenters. The van der Waals surface area contributed by atoms with Crippen LogP contribution < -0.4 is 4.31 Å². The molecule has 132 valence electrons. The monoisotopic (exact) mass is 373 g/mol. The van der Waals surface area contributed by atoms with E-state index in [9.17, 15) is 18.0 Å². The summed E-state index contributed by atoms with van der Waals surface area (Å²) in [4.78, 5) is 26.4. The molecule has 0 bridgehead atoms. The smallest absolute Gasteiger partial charge is 0.243 e. The van der Waals surface area contributed by atoms with Gasteiger partial charge in [-0.1, -0.05) is 17.7 Å². The van der Waals surface area contributed by atoms with Crippen LogP contribution >= 0.6 is 11.6 Å². The number of amides is 2. The second-order valence-corrected chi connectivity index (χ2v) is 8.07. The zero-order chi connectivity index (χ0) is 17.9. The summed E-state index contributed by atoms with van der Waals surface area (Å²) in [5, 5.41) is 0.399. The highest BCUT2D eigenvalue weighted by atomic mass is 35.5. The predicted octanol–water partition coefficient (Wildman–Crippen LogP) is 0.715. The Morgan fingerprint density at radius 1 is 1.29 bits per heavy atom. The van der Waals surface area contributed by atoms with Gasteiger partial charge >= 0.3 is 0 Å². The van der Waals surface area contributed by atoms with Crippen molar-refractivity contribution in [1.82, 2.24) is 9.80 Å². The topological polar surface area (TPSA) is 78.0 Å². The molecule has 1 aliphatic heterocycles. The first-order valence-electron chi connectivity index (χ1n) is 7.43. The predicted molar refractivity (Wildman–Crippen MR) is 92.6 cm³/mol. The number of nitrogens with zero attached hydrogens (tertiary/aromatic N) is 3. The Bertz CT molecular complexity index is 730. The zero-order valence-corrected chi connectivity index (χ0v) is 15.2. The van der Waals surface area contributed by atoms with Crippen molar-refractivity contribution < 1.29 is 18.0 Å². The van der Waals surface area contributed by atoms with E-state index < -0.39 is 10.0 Å². The van der Waals surface area contributed by atoms with Gasteiger partial charge in [0.1, 0.15) is 6.54 Å². The lowest BCUT2D eigenvalue weighted by molar-refractivity contribution is -0.133. The molecule has 0 aromatic heterocycles. The first-order valence-corrected chi connectivity index (χ1v) is 9.66. The summed E-state index contributed by atoms with van der Waals surface area (Å²) in [5.74, 6) is -0.301. The van der Waals surface area contributed by atoms with E-state index in [2.05, 4.69) is 0 Å². The molecule has 1 fully saturated rings. The van der Waals surface area contributed by atoms with Crippen molar-refractivity contribution in [3.63, 3.8) is 0 Å². The van der Waals surface area contributed by atoms with Crippen molar-refractivity contribution in [3.8, 4) is 0 Å². The maximum Gasteiger partial charge on any atom is 0.243 e. The highest BCUT2D eigenvalue weighted by Gasteiger charge is 2.27. The fourth-order valence-electron chi connectivity index (χ4n) is 2.53. The lowest BCUT2D eigenvalue weighted by atomic mass is 10.2. The van der Waals surface area contributed by atoms with Crippen molar-refractivity contribution in [2.24, 2.45) is 0 Å². The van der Waals surface area contributed by atoms with Crippen LogP contribution in [0.1, 0.15) is 5.56 Å². The van der Waals surface area contributed by atoms with Crippen LogP contribution in [0.4, 0.5) is 5.69 Å². The molecule has 1 aliphatic rings. The average Bonchev–Trinajstić information content (AvgIpc) is 2.54.